The van der Waals surface area contributed by atoms with Crippen molar-refractivity contribution in [2.75, 3.05) is 0 Å². The molecule has 0 aliphatic heterocycles. The number of hydrogen-bond donors (Lipinski definition) is 0. The van der Waals surface area contributed by atoms with E-state index in [9.17, 15) is 0 Å². The summed E-state index contributed by atoms with van der Waals surface area (Å²) in [6.45, 7) is 2.27. The Balaban J connectivity index is 1.86. The molecule has 110 valence electrons. The first-order valence-corrected chi connectivity index (χ1v) is 8.99. The SMILES string of the molecule is CCCCCCCCCCCCc1cc(CBr)on1. The molecule has 1 heterocycles. The Kier molecular flexibility index (Phi) is 10.1. The van der Waals surface area contributed by atoms with Gasteiger partial charge in [0.05, 0.1) is 11.0 Å². The summed E-state index contributed by atoms with van der Waals surface area (Å²) < 4.78 is 5.16. The summed E-state index contributed by atoms with van der Waals surface area (Å²) in [7, 11) is 0. The van der Waals surface area contributed by atoms with E-state index in [2.05, 4.69) is 34.1 Å². The van der Waals surface area contributed by atoms with Crippen LogP contribution >= 0.6 is 15.9 Å². The van der Waals surface area contributed by atoms with Crippen LogP contribution < -0.4 is 0 Å². The topological polar surface area (TPSA) is 26.0 Å². The van der Waals surface area contributed by atoms with Gasteiger partial charge < -0.3 is 4.52 Å². The zero-order valence-corrected chi connectivity index (χ0v) is 13.9. The second kappa shape index (κ2) is 11.5. The highest BCUT2D eigenvalue weighted by Gasteiger charge is 2.02. The lowest BCUT2D eigenvalue weighted by Gasteiger charge is -2.01. The summed E-state index contributed by atoms with van der Waals surface area (Å²) in [6, 6.07) is 2.06. The van der Waals surface area contributed by atoms with E-state index in [-0.39, 0.29) is 0 Å². The second-order valence-corrected chi connectivity index (χ2v) is 5.91. The van der Waals surface area contributed by atoms with Crippen molar-refractivity contribution in [3.05, 3.63) is 17.5 Å². The average molecular weight is 330 g/mol. The fourth-order valence-electron chi connectivity index (χ4n) is 2.33. The molecule has 0 aliphatic carbocycles. The number of aryl methyl sites for hydroxylation is 1. The molecule has 1 aromatic rings. The van der Waals surface area contributed by atoms with Crippen LogP contribution in [0.25, 0.3) is 0 Å². The summed E-state index contributed by atoms with van der Waals surface area (Å²) in [6.07, 6.45) is 14.9. The molecule has 1 aromatic heterocycles. The van der Waals surface area contributed by atoms with Crippen LogP contribution in [-0.2, 0) is 11.8 Å². The molecular formula is C16H28BrNO. The van der Waals surface area contributed by atoms with Gasteiger partial charge in [0.15, 0.2) is 0 Å². The van der Waals surface area contributed by atoms with Crippen molar-refractivity contribution in [3.8, 4) is 0 Å². The van der Waals surface area contributed by atoms with Crippen LogP contribution in [0.2, 0.25) is 0 Å². The first kappa shape index (κ1) is 16.7. The maximum absolute atomic E-state index is 5.16. The first-order chi connectivity index (χ1) is 9.36. The van der Waals surface area contributed by atoms with Gasteiger partial charge in [-0.3, -0.25) is 0 Å². The molecule has 19 heavy (non-hydrogen) atoms. The lowest BCUT2D eigenvalue weighted by molar-refractivity contribution is 0.387. The van der Waals surface area contributed by atoms with Crippen molar-refractivity contribution in [2.24, 2.45) is 0 Å². The maximum atomic E-state index is 5.16. The minimum absolute atomic E-state index is 0.762. The Hall–Kier alpha value is -0.310. The van der Waals surface area contributed by atoms with Gasteiger partial charge in [-0.2, -0.15) is 0 Å². The molecule has 0 saturated heterocycles. The van der Waals surface area contributed by atoms with Gasteiger partial charge >= 0.3 is 0 Å². The molecule has 0 aliphatic rings. The first-order valence-electron chi connectivity index (χ1n) is 7.87. The van der Waals surface area contributed by atoms with Crippen molar-refractivity contribution < 1.29 is 4.52 Å². The fourth-order valence-corrected chi connectivity index (χ4v) is 2.59. The normalized spacial score (nSPS) is 11.1. The van der Waals surface area contributed by atoms with Gasteiger partial charge in [0.2, 0.25) is 0 Å². The van der Waals surface area contributed by atoms with Crippen molar-refractivity contribution in [2.45, 2.75) is 82.9 Å². The third-order valence-corrected chi connectivity index (χ3v) is 4.08. The third kappa shape index (κ3) is 8.46. The van der Waals surface area contributed by atoms with E-state index < -0.39 is 0 Å². The molecule has 2 nitrogen and oxygen atoms in total. The summed E-state index contributed by atoms with van der Waals surface area (Å²) in [5.41, 5.74) is 1.11. The third-order valence-electron chi connectivity index (χ3n) is 3.53. The van der Waals surface area contributed by atoms with Gasteiger partial charge in [-0.25, -0.2) is 0 Å². The molecule has 0 fully saturated rings. The standard InChI is InChI=1S/C16H28BrNO/c1-2-3-4-5-6-7-8-9-10-11-12-15-13-16(14-17)19-18-15/h13H,2-12,14H2,1H3. The Labute approximate surface area is 126 Å². The molecule has 0 unspecified atom stereocenters. The van der Waals surface area contributed by atoms with Crippen LogP contribution in [-0.4, -0.2) is 5.16 Å². The van der Waals surface area contributed by atoms with Crippen molar-refractivity contribution in [3.63, 3.8) is 0 Å². The van der Waals surface area contributed by atoms with Gasteiger partial charge in [-0.1, -0.05) is 85.8 Å². The highest BCUT2D eigenvalue weighted by Crippen LogP contribution is 2.13. The van der Waals surface area contributed by atoms with Gasteiger partial charge in [0, 0.05) is 6.07 Å². The van der Waals surface area contributed by atoms with Crippen LogP contribution in [0.5, 0.6) is 0 Å². The molecule has 0 atom stereocenters. The smallest absolute Gasteiger partial charge is 0.147 e. The monoisotopic (exact) mass is 329 g/mol. The average Bonchev–Trinajstić information content (AvgIpc) is 2.89. The molecule has 0 N–H and O–H groups in total. The number of unbranched alkanes of at least 4 members (excludes halogenated alkanes) is 9. The number of rotatable bonds is 12. The van der Waals surface area contributed by atoms with Crippen molar-refractivity contribution in [1.82, 2.24) is 5.16 Å². The lowest BCUT2D eigenvalue weighted by atomic mass is 10.1. The van der Waals surface area contributed by atoms with Crippen molar-refractivity contribution in [1.29, 1.82) is 0 Å². The molecule has 0 spiro atoms. The van der Waals surface area contributed by atoms with E-state index in [1.54, 1.807) is 0 Å². The van der Waals surface area contributed by atoms with E-state index in [0.29, 0.717) is 0 Å². The van der Waals surface area contributed by atoms with Gasteiger partial charge in [-0.05, 0) is 12.8 Å². The Morgan fingerprint density at radius 1 is 0.947 bits per heavy atom. The fraction of sp³-hybridized carbons (Fsp3) is 0.812. The number of alkyl halides is 1. The van der Waals surface area contributed by atoms with E-state index in [1.807, 2.05) is 0 Å². The highest BCUT2D eigenvalue weighted by molar-refractivity contribution is 9.08. The minimum atomic E-state index is 0.762. The highest BCUT2D eigenvalue weighted by atomic mass is 79.9. The number of hydrogen-bond acceptors (Lipinski definition) is 2. The van der Waals surface area contributed by atoms with E-state index in [0.717, 1.165) is 23.2 Å². The van der Waals surface area contributed by atoms with Crippen LogP contribution in [0.4, 0.5) is 0 Å². The number of aromatic nitrogens is 1. The molecule has 0 radical (unpaired) electrons. The molecule has 0 bridgehead atoms. The zero-order valence-electron chi connectivity index (χ0n) is 12.3. The predicted octanol–water partition coefficient (Wildman–Crippen LogP) is 6.03. The molecule has 0 saturated carbocycles. The van der Waals surface area contributed by atoms with Crippen LogP contribution in [0.1, 0.15) is 82.6 Å². The Bertz CT molecular complexity index is 311. The molecule has 0 amide bonds. The Morgan fingerprint density at radius 2 is 1.53 bits per heavy atom. The van der Waals surface area contributed by atoms with Crippen molar-refractivity contribution >= 4 is 15.9 Å². The van der Waals surface area contributed by atoms with Gasteiger partial charge in [0.25, 0.3) is 0 Å². The Morgan fingerprint density at radius 3 is 2.05 bits per heavy atom. The summed E-state index contributed by atoms with van der Waals surface area (Å²) >= 11 is 3.37. The van der Waals surface area contributed by atoms with Gasteiger partial charge in [0.1, 0.15) is 5.76 Å². The van der Waals surface area contributed by atoms with Crippen LogP contribution in [0, 0.1) is 0 Å². The number of nitrogens with zero attached hydrogens (tertiary/aromatic N) is 1. The van der Waals surface area contributed by atoms with Crippen LogP contribution in [0.3, 0.4) is 0 Å². The molecule has 0 aromatic carbocycles. The van der Waals surface area contributed by atoms with E-state index >= 15 is 0 Å². The second-order valence-electron chi connectivity index (χ2n) is 5.35. The predicted molar refractivity (Wildman–Crippen MR) is 84.7 cm³/mol. The quantitative estimate of drug-likeness (QED) is 0.345. The van der Waals surface area contributed by atoms with Crippen LogP contribution in [0.15, 0.2) is 10.6 Å². The lowest BCUT2D eigenvalue weighted by Crippen LogP contribution is -1.86. The molecular weight excluding hydrogens is 302 g/mol. The molecule has 3 heteroatoms. The molecule has 1 rings (SSSR count). The summed E-state index contributed by atoms with van der Waals surface area (Å²) in [4.78, 5) is 0. The minimum Gasteiger partial charge on any atom is -0.360 e. The largest absolute Gasteiger partial charge is 0.360 e. The van der Waals surface area contributed by atoms with E-state index in [1.165, 1.54) is 64.2 Å². The van der Waals surface area contributed by atoms with Gasteiger partial charge in [-0.15, -0.1) is 0 Å². The number of halogens is 1. The summed E-state index contributed by atoms with van der Waals surface area (Å²) in [5, 5.41) is 4.82. The maximum Gasteiger partial charge on any atom is 0.147 e. The van der Waals surface area contributed by atoms with E-state index in [4.69, 9.17) is 4.52 Å². The zero-order chi connectivity index (χ0) is 13.8. The summed E-state index contributed by atoms with van der Waals surface area (Å²) in [5.74, 6) is 0.932.